The quantitative estimate of drug-likeness (QED) is 0.273. The van der Waals surface area contributed by atoms with Crippen molar-refractivity contribution >= 4 is 45.5 Å². The molecule has 0 amide bonds. The minimum absolute atomic E-state index is 0.177. The van der Waals surface area contributed by atoms with E-state index < -0.39 is 72.1 Å². The van der Waals surface area contributed by atoms with Gasteiger partial charge in [-0.25, -0.2) is 4.98 Å². The summed E-state index contributed by atoms with van der Waals surface area (Å²) in [6.07, 6.45) is -8.95. The molecule has 2 rings (SSSR count). The number of carbonyl (C=O) groups excluding carboxylic acids is 4. The minimum atomic E-state index is -4.55. The Morgan fingerprint density at radius 2 is 1.49 bits per heavy atom. The first-order valence-electron chi connectivity index (χ1n) is 9.95. The molecule has 1 aliphatic heterocycles. The van der Waals surface area contributed by atoms with Gasteiger partial charge in [-0.1, -0.05) is 10.8 Å². The molecule has 0 spiro atoms. The van der Waals surface area contributed by atoms with Gasteiger partial charge in [-0.05, 0) is 22.9 Å². The number of hydrogen-bond acceptors (Lipinski definition) is 12. The largest absolute Gasteiger partial charge is 0.463 e. The number of carbonyl (C=O) groups is 4. The van der Waals surface area contributed by atoms with Crippen LogP contribution in [0.15, 0.2) is 23.4 Å². The van der Waals surface area contributed by atoms with E-state index in [9.17, 15) is 32.3 Å². The van der Waals surface area contributed by atoms with Crippen LogP contribution in [0.25, 0.3) is 0 Å². The van der Waals surface area contributed by atoms with E-state index in [1.165, 1.54) is 0 Å². The summed E-state index contributed by atoms with van der Waals surface area (Å²) in [4.78, 5) is 50.4. The number of aromatic nitrogens is 1. The van der Waals surface area contributed by atoms with Crippen LogP contribution in [0.5, 0.6) is 0 Å². The lowest BCUT2D eigenvalue weighted by molar-refractivity contribution is -0.237. The van der Waals surface area contributed by atoms with Crippen LogP contribution in [0.3, 0.4) is 0 Å². The van der Waals surface area contributed by atoms with Crippen LogP contribution in [0, 0.1) is 0 Å². The summed E-state index contributed by atoms with van der Waals surface area (Å²) < 4.78 is 65.1. The van der Waals surface area contributed by atoms with Gasteiger partial charge in [0.2, 0.25) is 0 Å². The van der Waals surface area contributed by atoms with Crippen LogP contribution in [0.1, 0.15) is 33.3 Å². The van der Waals surface area contributed by atoms with E-state index in [0.29, 0.717) is 6.20 Å². The first-order chi connectivity index (χ1) is 16.3. The molecule has 1 fully saturated rings. The summed E-state index contributed by atoms with van der Waals surface area (Å²) in [6.45, 7) is 4.05. The molecule has 0 bridgehead atoms. The van der Waals surface area contributed by atoms with Gasteiger partial charge >= 0.3 is 30.1 Å². The lowest BCUT2D eigenvalue weighted by Crippen LogP contribution is -2.61. The van der Waals surface area contributed by atoms with E-state index in [1.807, 2.05) is 0 Å². The van der Waals surface area contributed by atoms with E-state index in [1.54, 1.807) is 0 Å². The van der Waals surface area contributed by atoms with E-state index >= 15 is 0 Å². The molecular formula is C20H22F3NO9S2. The molecule has 1 aromatic heterocycles. The highest BCUT2D eigenvalue weighted by Crippen LogP contribution is 2.42. The first kappa shape index (κ1) is 28.7. The molecular weight excluding hydrogens is 519 g/mol. The van der Waals surface area contributed by atoms with Gasteiger partial charge in [0.15, 0.2) is 23.7 Å². The molecule has 15 heteroatoms. The normalized spacial score (nSPS) is 24.3. The minimum Gasteiger partial charge on any atom is -0.463 e. The second-order valence-corrected chi connectivity index (χ2v) is 9.45. The smallest absolute Gasteiger partial charge is 0.417 e. The van der Waals surface area contributed by atoms with Crippen molar-refractivity contribution in [1.29, 1.82) is 0 Å². The third-order valence-corrected chi connectivity index (χ3v) is 6.69. The topological polar surface area (TPSA) is 127 Å². The van der Waals surface area contributed by atoms with Gasteiger partial charge in [0, 0.05) is 33.9 Å². The zero-order chi connectivity index (χ0) is 26.3. The van der Waals surface area contributed by atoms with E-state index in [-0.39, 0.29) is 5.03 Å². The summed E-state index contributed by atoms with van der Waals surface area (Å²) in [5, 5.41) is 0.177. The van der Waals surface area contributed by atoms with E-state index in [4.69, 9.17) is 23.7 Å². The predicted octanol–water partition coefficient (Wildman–Crippen LogP) is 2.92. The van der Waals surface area contributed by atoms with Crippen molar-refractivity contribution in [3.05, 3.63) is 23.9 Å². The van der Waals surface area contributed by atoms with E-state index in [0.717, 1.165) is 61.4 Å². The third kappa shape index (κ3) is 8.89. The molecule has 0 radical (unpaired) electrons. The molecule has 0 aromatic carbocycles. The molecule has 0 N–H and O–H groups in total. The Labute approximate surface area is 205 Å². The van der Waals surface area contributed by atoms with Gasteiger partial charge in [0.05, 0.1) is 5.56 Å². The summed E-state index contributed by atoms with van der Waals surface area (Å²) in [6, 6.07) is 1.99. The third-order valence-electron chi connectivity index (χ3n) is 4.24. The van der Waals surface area contributed by atoms with Crippen molar-refractivity contribution < 1.29 is 56.0 Å². The highest BCUT2D eigenvalue weighted by atomic mass is 33.1. The van der Waals surface area contributed by atoms with Crippen molar-refractivity contribution in [3.8, 4) is 0 Å². The highest BCUT2D eigenvalue weighted by Gasteiger charge is 2.52. The van der Waals surface area contributed by atoms with Gasteiger partial charge < -0.3 is 23.7 Å². The number of hydrogen-bond donors (Lipinski definition) is 0. The van der Waals surface area contributed by atoms with Crippen molar-refractivity contribution in [3.63, 3.8) is 0 Å². The molecule has 1 aromatic rings. The van der Waals surface area contributed by atoms with Crippen molar-refractivity contribution in [2.75, 3.05) is 6.61 Å². The van der Waals surface area contributed by atoms with Crippen LogP contribution < -0.4 is 0 Å². The molecule has 2 heterocycles. The van der Waals surface area contributed by atoms with Gasteiger partial charge in [0.1, 0.15) is 17.7 Å². The first-order valence-corrected chi connectivity index (χ1v) is 12.2. The Balaban J connectivity index is 2.34. The molecule has 1 saturated heterocycles. The second kappa shape index (κ2) is 12.4. The average molecular weight is 542 g/mol. The maximum absolute atomic E-state index is 12.8. The molecule has 5 unspecified atom stereocenters. The average Bonchev–Trinajstić information content (AvgIpc) is 2.73. The van der Waals surface area contributed by atoms with Gasteiger partial charge in [-0.15, -0.1) is 0 Å². The van der Waals surface area contributed by atoms with Crippen LogP contribution in [-0.4, -0.2) is 65.3 Å². The Morgan fingerprint density at radius 3 is 1.97 bits per heavy atom. The summed E-state index contributed by atoms with van der Waals surface area (Å²) in [5.41, 5.74) is -2.02. The summed E-state index contributed by atoms with van der Waals surface area (Å²) >= 11 is 0. The van der Waals surface area contributed by atoms with Gasteiger partial charge in [-0.3, -0.25) is 19.2 Å². The zero-order valence-corrected chi connectivity index (χ0v) is 20.5. The van der Waals surface area contributed by atoms with Crippen LogP contribution in [0.4, 0.5) is 13.2 Å². The fraction of sp³-hybridized carbons (Fsp3) is 0.550. The maximum atomic E-state index is 12.8. The van der Waals surface area contributed by atoms with Crippen LogP contribution in [0.2, 0.25) is 0 Å². The fourth-order valence-electron chi connectivity index (χ4n) is 2.96. The molecule has 0 saturated carbocycles. The molecule has 0 aliphatic carbocycles. The number of nitrogens with zero attached hydrogens (tertiary/aromatic N) is 1. The predicted molar refractivity (Wildman–Crippen MR) is 115 cm³/mol. The standard InChI is InChI=1S/C20H22F3NO9S2/c1-9(25)29-8-14-16(30-10(2)26)17(31-11(3)27)18(32-12(4)28)19(33-14)35-34-15-6-5-13(7-24-15)20(21,22)23/h5-7,14,16-19H,8H2,1-4H3. The van der Waals surface area contributed by atoms with Crippen LogP contribution >= 0.6 is 21.6 Å². The van der Waals surface area contributed by atoms with Crippen LogP contribution in [-0.2, 0) is 49.0 Å². The number of rotatable bonds is 8. The number of halogens is 3. The highest BCUT2D eigenvalue weighted by molar-refractivity contribution is 8.76. The fourth-order valence-corrected chi connectivity index (χ4v) is 5.22. The van der Waals surface area contributed by atoms with Gasteiger partial charge in [-0.2, -0.15) is 13.2 Å². The molecule has 194 valence electrons. The van der Waals surface area contributed by atoms with E-state index in [2.05, 4.69) is 4.98 Å². The number of esters is 4. The number of alkyl halides is 3. The molecule has 35 heavy (non-hydrogen) atoms. The molecule has 10 nitrogen and oxygen atoms in total. The monoisotopic (exact) mass is 541 g/mol. The lowest BCUT2D eigenvalue weighted by Gasteiger charge is -2.43. The Hall–Kier alpha value is -2.52. The summed E-state index contributed by atoms with van der Waals surface area (Å²) in [5.74, 6) is -2.97. The lowest BCUT2D eigenvalue weighted by atomic mass is 9.99. The second-order valence-electron chi connectivity index (χ2n) is 7.13. The zero-order valence-electron chi connectivity index (χ0n) is 18.9. The summed E-state index contributed by atoms with van der Waals surface area (Å²) in [7, 11) is 1.81. The van der Waals surface area contributed by atoms with Gasteiger partial charge in [0.25, 0.3) is 0 Å². The Morgan fingerprint density at radius 1 is 0.914 bits per heavy atom. The SMILES string of the molecule is CC(=O)OCC1OC(SSc2ccc(C(F)(F)F)cn2)C(OC(C)=O)C(OC(C)=O)C1OC(C)=O. The maximum Gasteiger partial charge on any atom is 0.417 e. The van der Waals surface area contributed by atoms with Crippen molar-refractivity contribution in [1.82, 2.24) is 4.98 Å². The van der Waals surface area contributed by atoms with Crippen molar-refractivity contribution in [2.45, 2.75) is 68.7 Å². The Bertz CT molecular complexity index is 929. The molecule has 5 atom stereocenters. The molecule has 1 aliphatic rings. The number of ether oxygens (including phenoxy) is 5. The Kier molecular flexibility index (Phi) is 10.2. The number of pyridine rings is 1. The van der Waals surface area contributed by atoms with Crippen molar-refractivity contribution in [2.24, 2.45) is 0 Å².